The minimum Gasteiger partial charge on any atom is -0.435 e. The first-order valence-electron chi connectivity index (χ1n) is 10.4. The molecule has 0 bridgehead atoms. The van der Waals surface area contributed by atoms with E-state index in [1.165, 1.54) is 6.07 Å². The molecular weight excluding hydrogens is 381 g/mol. The van der Waals surface area contributed by atoms with Gasteiger partial charge in [0.1, 0.15) is 0 Å². The van der Waals surface area contributed by atoms with Gasteiger partial charge in [0.25, 0.3) is 0 Å². The molecule has 0 aliphatic heterocycles. The van der Waals surface area contributed by atoms with Crippen LogP contribution in [0.1, 0.15) is 38.4 Å². The molecule has 1 heterocycles. The summed E-state index contributed by atoms with van der Waals surface area (Å²) in [5, 5.41) is 14.9. The van der Waals surface area contributed by atoms with E-state index in [0.29, 0.717) is 25.4 Å². The van der Waals surface area contributed by atoms with E-state index < -0.39 is 11.9 Å². The molecule has 0 aliphatic carbocycles. The summed E-state index contributed by atoms with van der Waals surface area (Å²) in [4.78, 5) is 2.18. The first-order chi connectivity index (χ1) is 14.4. The van der Waals surface area contributed by atoms with Gasteiger partial charge >= 0.3 is 0 Å². The smallest absolute Gasteiger partial charge is 0.227 e. The van der Waals surface area contributed by atoms with Gasteiger partial charge < -0.3 is 9.84 Å². The lowest BCUT2D eigenvalue weighted by Gasteiger charge is -2.28. The zero-order valence-electron chi connectivity index (χ0n) is 18.0. The number of rotatable bonds is 9. The lowest BCUT2D eigenvalue weighted by atomic mass is 10.1. The summed E-state index contributed by atoms with van der Waals surface area (Å²) in [6.45, 7) is 9.17. The molecule has 3 rings (SSSR count). The van der Waals surface area contributed by atoms with Gasteiger partial charge in [0.2, 0.25) is 5.88 Å². The van der Waals surface area contributed by atoms with Crippen LogP contribution in [0, 0.1) is 12.7 Å². The molecule has 0 aliphatic rings. The number of aliphatic hydroxyl groups excluding tert-OH is 1. The Labute approximate surface area is 177 Å². The van der Waals surface area contributed by atoms with E-state index in [1.54, 1.807) is 22.9 Å². The summed E-state index contributed by atoms with van der Waals surface area (Å²) in [6, 6.07) is 16.2. The van der Waals surface area contributed by atoms with Gasteiger partial charge in [0.15, 0.2) is 11.6 Å². The molecule has 0 unspecified atom stereocenters. The van der Waals surface area contributed by atoms with Gasteiger partial charge in [-0.2, -0.15) is 5.10 Å². The Bertz CT molecular complexity index is 956. The number of aliphatic hydroxyl groups is 1. The summed E-state index contributed by atoms with van der Waals surface area (Å²) in [6.07, 6.45) is 0.275. The maximum atomic E-state index is 14.4. The Morgan fingerprint density at radius 2 is 1.77 bits per heavy atom. The van der Waals surface area contributed by atoms with Crippen LogP contribution in [-0.2, 0) is 6.54 Å². The van der Waals surface area contributed by atoms with Gasteiger partial charge in [0, 0.05) is 19.1 Å². The van der Waals surface area contributed by atoms with Crippen molar-refractivity contribution < 1.29 is 14.2 Å². The van der Waals surface area contributed by atoms with Crippen molar-refractivity contribution in [3.8, 4) is 17.3 Å². The molecule has 5 nitrogen and oxygen atoms in total. The maximum absolute atomic E-state index is 14.4. The average Bonchev–Trinajstić information content (AvgIpc) is 3.05. The van der Waals surface area contributed by atoms with Crippen LogP contribution in [-0.4, -0.2) is 38.5 Å². The fourth-order valence-corrected chi connectivity index (χ4v) is 3.26. The van der Waals surface area contributed by atoms with E-state index in [-0.39, 0.29) is 11.8 Å². The standard InChI is InChI=1S/C24H30FN3O2/c1-5-20(29)15-27(17(2)3)16-21-18(4)26-28(19-11-7-6-8-12-19)24(21)30-23-14-10-9-13-22(23)25/h6-14,17,20,29H,5,15-16H2,1-4H3/t20-/m0/s1. The quantitative estimate of drug-likeness (QED) is 0.533. The molecule has 0 amide bonds. The van der Waals surface area contributed by atoms with E-state index in [4.69, 9.17) is 9.84 Å². The van der Waals surface area contributed by atoms with Crippen molar-refractivity contribution in [2.75, 3.05) is 6.54 Å². The first-order valence-corrected chi connectivity index (χ1v) is 10.4. The largest absolute Gasteiger partial charge is 0.435 e. The van der Waals surface area contributed by atoms with Crippen LogP contribution in [0.4, 0.5) is 4.39 Å². The Balaban J connectivity index is 2.05. The Hall–Kier alpha value is -2.70. The lowest BCUT2D eigenvalue weighted by molar-refractivity contribution is 0.0875. The van der Waals surface area contributed by atoms with E-state index >= 15 is 0 Å². The predicted octanol–water partition coefficient (Wildman–Crippen LogP) is 5.09. The molecule has 0 radical (unpaired) electrons. The minimum absolute atomic E-state index is 0.153. The average molecular weight is 412 g/mol. The van der Waals surface area contributed by atoms with Crippen molar-refractivity contribution in [2.45, 2.75) is 52.8 Å². The molecule has 0 saturated carbocycles. The zero-order valence-corrected chi connectivity index (χ0v) is 18.0. The highest BCUT2D eigenvalue weighted by Crippen LogP contribution is 2.33. The summed E-state index contributed by atoms with van der Waals surface area (Å²) in [5.41, 5.74) is 2.52. The molecule has 1 atom stereocenters. The van der Waals surface area contributed by atoms with Gasteiger partial charge in [-0.05, 0) is 51.5 Å². The van der Waals surface area contributed by atoms with Gasteiger partial charge in [-0.25, -0.2) is 9.07 Å². The van der Waals surface area contributed by atoms with Crippen LogP contribution in [0.25, 0.3) is 5.69 Å². The van der Waals surface area contributed by atoms with Crippen LogP contribution in [0.3, 0.4) is 0 Å². The molecule has 1 N–H and O–H groups in total. The van der Waals surface area contributed by atoms with Crippen LogP contribution in [0.2, 0.25) is 0 Å². The highest BCUT2D eigenvalue weighted by molar-refractivity contribution is 5.43. The fraction of sp³-hybridized carbons (Fsp3) is 0.375. The number of para-hydroxylation sites is 2. The van der Waals surface area contributed by atoms with Crippen LogP contribution in [0.5, 0.6) is 11.6 Å². The molecule has 0 fully saturated rings. The van der Waals surface area contributed by atoms with Crippen molar-refractivity contribution in [1.29, 1.82) is 0 Å². The predicted molar refractivity (Wildman–Crippen MR) is 117 cm³/mol. The third-order valence-corrected chi connectivity index (χ3v) is 5.19. The lowest BCUT2D eigenvalue weighted by Crippen LogP contribution is -2.37. The zero-order chi connectivity index (χ0) is 21.7. The minimum atomic E-state index is -0.427. The number of ether oxygens (including phenoxy) is 1. The molecule has 0 saturated heterocycles. The summed E-state index contributed by atoms with van der Waals surface area (Å²) in [7, 11) is 0. The molecule has 30 heavy (non-hydrogen) atoms. The number of hydrogen-bond acceptors (Lipinski definition) is 4. The number of aromatic nitrogens is 2. The third kappa shape index (κ3) is 5.07. The van der Waals surface area contributed by atoms with Crippen LogP contribution in [0.15, 0.2) is 54.6 Å². The highest BCUT2D eigenvalue weighted by atomic mass is 19.1. The highest BCUT2D eigenvalue weighted by Gasteiger charge is 2.24. The second-order valence-corrected chi connectivity index (χ2v) is 7.73. The van der Waals surface area contributed by atoms with Gasteiger partial charge in [-0.3, -0.25) is 4.90 Å². The summed E-state index contributed by atoms with van der Waals surface area (Å²) in [5.74, 6) is 0.213. The Morgan fingerprint density at radius 3 is 2.40 bits per heavy atom. The van der Waals surface area contributed by atoms with Crippen molar-refractivity contribution in [2.24, 2.45) is 0 Å². The van der Waals surface area contributed by atoms with E-state index in [2.05, 4.69) is 18.7 Å². The Kier molecular flexibility index (Phi) is 7.24. The molecule has 2 aromatic carbocycles. The molecular formula is C24H30FN3O2. The second kappa shape index (κ2) is 9.87. The molecule has 160 valence electrons. The van der Waals surface area contributed by atoms with Crippen molar-refractivity contribution in [1.82, 2.24) is 14.7 Å². The summed E-state index contributed by atoms with van der Waals surface area (Å²) >= 11 is 0. The van der Waals surface area contributed by atoms with Crippen molar-refractivity contribution >= 4 is 0 Å². The number of benzene rings is 2. The van der Waals surface area contributed by atoms with E-state index in [0.717, 1.165) is 16.9 Å². The molecule has 1 aromatic heterocycles. The van der Waals surface area contributed by atoms with E-state index in [1.807, 2.05) is 44.2 Å². The fourth-order valence-electron chi connectivity index (χ4n) is 3.26. The normalized spacial score (nSPS) is 12.5. The summed E-state index contributed by atoms with van der Waals surface area (Å²) < 4.78 is 22.2. The molecule has 0 spiro atoms. The van der Waals surface area contributed by atoms with Gasteiger partial charge in [-0.1, -0.05) is 37.3 Å². The second-order valence-electron chi connectivity index (χ2n) is 7.73. The number of halogens is 1. The maximum Gasteiger partial charge on any atom is 0.227 e. The monoisotopic (exact) mass is 411 g/mol. The van der Waals surface area contributed by atoms with Gasteiger partial charge in [0.05, 0.1) is 23.0 Å². The van der Waals surface area contributed by atoms with Crippen LogP contribution >= 0.6 is 0 Å². The Morgan fingerprint density at radius 1 is 1.10 bits per heavy atom. The molecule has 6 heteroatoms. The number of aryl methyl sites for hydroxylation is 1. The van der Waals surface area contributed by atoms with E-state index in [9.17, 15) is 9.50 Å². The number of hydrogen-bond donors (Lipinski definition) is 1. The number of nitrogens with zero attached hydrogens (tertiary/aromatic N) is 3. The molecule has 3 aromatic rings. The third-order valence-electron chi connectivity index (χ3n) is 5.19. The van der Waals surface area contributed by atoms with Crippen molar-refractivity contribution in [3.63, 3.8) is 0 Å². The SMILES string of the molecule is CC[C@H](O)CN(Cc1c(C)nn(-c2ccccc2)c1Oc1ccccc1F)C(C)C. The van der Waals surface area contributed by atoms with Gasteiger partial charge in [-0.15, -0.1) is 0 Å². The van der Waals surface area contributed by atoms with Crippen molar-refractivity contribution in [3.05, 3.63) is 71.7 Å². The van der Waals surface area contributed by atoms with Crippen LogP contribution < -0.4 is 4.74 Å². The topological polar surface area (TPSA) is 50.5 Å². The first kappa shape index (κ1) is 22.0.